The highest BCUT2D eigenvalue weighted by atomic mass is 16.4. The number of carbonyl (C=O) groups excluding carboxylic acids is 1. The number of rotatable bonds is 5. The van der Waals surface area contributed by atoms with Crippen molar-refractivity contribution < 1.29 is 14.7 Å². The van der Waals surface area contributed by atoms with Gasteiger partial charge < -0.3 is 15.7 Å². The van der Waals surface area contributed by atoms with E-state index >= 15 is 0 Å². The summed E-state index contributed by atoms with van der Waals surface area (Å²) in [4.78, 5) is 22.0. The highest BCUT2D eigenvalue weighted by Gasteiger charge is 2.16. The predicted octanol–water partition coefficient (Wildman–Crippen LogP) is -0.275. The standard InChI is InChI=1S/C11H12N4O3/c1-3-4-8(11(17)18)13-9-6-5-7(14-15-9)10(16)12-2/h1,5-6,8H,4H2,2H3,(H,12,16)(H,13,15)(H,17,18). The summed E-state index contributed by atoms with van der Waals surface area (Å²) >= 11 is 0. The van der Waals surface area contributed by atoms with Gasteiger partial charge in [0, 0.05) is 13.5 Å². The molecule has 0 aliphatic heterocycles. The van der Waals surface area contributed by atoms with Crippen LogP contribution in [0.5, 0.6) is 0 Å². The van der Waals surface area contributed by atoms with Gasteiger partial charge in [-0.3, -0.25) is 4.79 Å². The lowest BCUT2D eigenvalue weighted by molar-refractivity contribution is -0.137. The van der Waals surface area contributed by atoms with Gasteiger partial charge >= 0.3 is 5.97 Å². The molecule has 3 N–H and O–H groups in total. The Bertz CT molecular complexity index is 478. The number of carbonyl (C=O) groups is 2. The van der Waals surface area contributed by atoms with E-state index in [9.17, 15) is 9.59 Å². The molecule has 0 saturated carbocycles. The third-order valence-corrected chi connectivity index (χ3v) is 2.07. The predicted molar refractivity (Wildman–Crippen MR) is 63.9 cm³/mol. The molecule has 1 aromatic rings. The molecule has 0 aliphatic carbocycles. The Morgan fingerprint density at radius 3 is 2.67 bits per heavy atom. The maximum absolute atomic E-state index is 11.2. The van der Waals surface area contributed by atoms with Crippen LogP contribution in [0.3, 0.4) is 0 Å². The number of carboxylic acid groups (broad SMARTS) is 1. The molecular weight excluding hydrogens is 236 g/mol. The fraction of sp³-hybridized carbons (Fsp3) is 0.273. The summed E-state index contributed by atoms with van der Waals surface area (Å²) in [7, 11) is 1.48. The monoisotopic (exact) mass is 248 g/mol. The Morgan fingerprint density at radius 2 is 2.22 bits per heavy atom. The number of carboxylic acids is 1. The second-order valence-electron chi connectivity index (χ2n) is 3.33. The van der Waals surface area contributed by atoms with Crippen molar-refractivity contribution in [2.45, 2.75) is 12.5 Å². The van der Waals surface area contributed by atoms with Crippen LogP contribution < -0.4 is 10.6 Å². The topological polar surface area (TPSA) is 104 Å². The molecule has 18 heavy (non-hydrogen) atoms. The molecule has 0 aliphatic rings. The first-order chi connectivity index (χ1) is 8.58. The van der Waals surface area contributed by atoms with Crippen molar-refractivity contribution in [2.75, 3.05) is 12.4 Å². The van der Waals surface area contributed by atoms with Crippen molar-refractivity contribution in [3.8, 4) is 12.3 Å². The Kier molecular flexibility index (Phi) is 4.63. The maximum Gasteiger partial charge on any atom is 0.327 e. The number of anilines is 1. The quantitative estimate of drug-likeness (QED) is 0.619. The van der Waals surface area contributed by atoms with Crippen LogP contribution in [0.1, 0.15) is 16.9 Å². The molecule has 0 radical (unpaired) electrons. The van der Waals surface area contributed by atoms with Gasteiger partial charge in [-0.05, 0) is 12.1 Å². The average molecular weight is 248 g/mol. The minimum Gasteiger partial charge on any atom is -0.480 e. The van der Waals surface area contributed by atoms with Gasteiger partial charge in [0.1, 0.15) is 11.9 Å². The van der Waals surface area contributed by atoms with E-state index in [1.165, 1.54) is 19.2 Å². The molecule has 0 fully saturated rings. The molecule has 1 heterocycles. The number of nitrogens with zero attached hydrogens (tertiary/aromatic N) is 2. The minimum absolute atomic E-state index is 0.0220. The van der Waals surface area contributed by atoms with Gasteiger partial charge in [-0.25, -0.2) is 4.79 Å². The van der Waals surface area contributed by atoms with Crippen LogP contribution >= 0.6 is 0 Å². The Labute approximate surface area is 104 Å². The van der Waals surface area contributed by atoms with Gasteiger partial charge in [0.15, 0.2) is 5.69 Å². The summed E-state index contributed by atoms with van der Waals surface area (Å²) in [6, 6.07) is 1.96. The Hall–Kier alpha value is -2.62. The van der Waals surface area contributed by atoms with Crippen LogP contribution in [0, 0.1) is 12.3 Å². The summed E-state index contributed by atoms with van der Waals surface area (Å²) in [5.41, 5.74) is 0.145. The van der Waals surface area contributed by atoms with E-state index in [0.29, 0.717) is 0 Å². The molecule has 7 heteroatoms. The Balaban J connectivity index is 2.77. The van der Waals surface area contributed by atoms with E-state index < -0.39 is 12.0 Å². The summed E-state index contributed by atoms with van der Waals surface area (Å²) in [5.74, 6) is 1.05. The highest BCUT2D eigenvalue weighted by molar-refractivity contribution is 5.91. The largest absolute Gasteiger partial charge is 0.480 e. The van der Waals surface area contributed by atoms with E-state index in [2.05, 4.69) is 26.8 Å². The molecular formula is C11H12N4O3. The van der Waals surface area contributed by atoms with E-state index in [-0.39, 0.29) is 23.8 Å². The van der Waals surface area contributed by atoms with Crippen molar-refractivity contribution >= 4 is 17.7 Å². The molecule has 0 aromatic carbocycles. The van der Waals surface area contributed by atoms with E-state index in [4.69, 9.17) is 11.5 Å². The smallest absolute Gasteiger partial charge is 0.327 e. The summed E-state index contributed by atoms with van der Waals surface area (Å²) < 4.78 is 0. The second-order valence-corrected chi connectivity index (χ2v) is 3.33. The zero-order chi connectivity index (χ0) is 13.5. The third-order valence-electron chi connectivity index (χ3n) is 2.07. The maximum atomic E-state index is 11.2. The molecule has 1 amide bonds. The molecule has 0 bridgehead atoms. The molecule has 94 valence electrons. The second kappa shape index (κ2) is 6.20. The zero-order valence-electron chi connectivity index (χ0n) is 9.67. The zero-order valence-corrected chi connectivity index (χ0v) is 9.67. The van der Waals surface area contributed by atoms with Crippen LogP contribution in [0.15, 0.2) is 12.1 Å². The first kappa shape index (κ1) is 13.4. The summed E-state index contributed by atoms with van der Waals surface area (Å²) in [5, 5.41) is 21.2. The van der Waals surface area contributed by atoms with Crippen molar-refractivity contribution in [3.05, 3.63) is 17.8 Å². The summed E-state index contributed by atoms with van der Waals surface area (Å²) in [6.07, 6.45) is 5.08. The highest BCUT2D eigenvalue weighted by Crippen LogP contribution is 2.06. The molecule has 1 unspecified atom stereocenters. The molecule has 1 atom stereocenters. The molecule has 1 rings (SSSR count). The van der Waals surface area contributed by atoms with Crippen molar-refractivity contribution in [3.63, 3.8) is 0 Å². The van der Waals surface area contributed by atoms with Crippen LogP contribution in [-0.2, 0) is 4.79 Å². The summed E-state index contributed by atoms with van der Waals surface area (Å²) in [6.45, 7) is 0. The van der Waals surface area contributed by atoms with Crippen LogP contribution in [0.4, 0.5) is 5.82 Å². The average Bonchev–Trinajstić information content (AvgIpc) is 2.38. The lowest BCUT2D eigenvalue weighted by atomic mass is 10.2. The minimum atomic E-state index is -1.08. The number of nitrogens with one attached hydrogen (secondary N) is 2. The van der Waals surface area contributed by atoms with Crippen LogP contribution in [0.2, 0.25) is 0 Å². The fourth-order valence-corrected chi connectivity index (χ4v) is 1.15. The van der Waals surface area contributed by atoms with Gasteiger partial charge in [-0.2, -0.15) is 0 Å². The molecule has 1 aromatic heterocycles. The first-order valence-corrected chi connectivity index (χ1v) is 5.07. The lowest BCUT2D eigenvalue weighted by Crippen LogP contribution is -2.29. The van der Waals surface area contributed by atoms with Crippen molar-refractivity contribution in [1.29, 1.82) is 0 Å². The van der Waals surface area contributed by atoms with Crippen molar-refractivity contribution in [1.82, 2.24) is 15.5 Å². The van der Waals surface area contributed by atoms with Crippen LogP contribution in [0.25, 0.3) is 0 Å². The third kappa shape index (κ3) is 3.45. The SMILES string of the molecule is C#CCC(Nc1ccc(C(=O)NC)nn1)C(=O)O. The molecule has 7 nitrogen and oxygen atoms in total. The first-order valence-electron chi connectivity index (χ1n) is 5.07. The van der Waals surface area contributed by atoms with Crippen LogP contribution in [-0.4, -0.2) is 40.3 Å². The molecule has 0 saturated heterocycles. The number of aromatic nitrogens is 2. The van der Waals surface area contributed by atoms with Crippen molar-refractivity contribution in [2.24, 2.45) is 0 Å². The van der Waals surface area contributed by atoms with Gasteiger partial charge in [0.05, 0.1) is 0 Å². The molecule has 0 spiro atoms. The Morgan fingerprint density at radius 1 is 1.50 bits per heavy atom. The van der Waals surface area contributed by atoms with E-state index in [0.717, 1.165) is 0 Å². The number of terminal acetylenes is 1. The number of amides is 1. The van der Waals surface area contributed by atoms with Gasteiger partial charge in [-0.15, -0.1) is 22.5 Å². The van der Waals surface area contributed by atoms with Gasteiger partial charge in [0.2, 0.25) is 0 Å². The van der Waals surface area contributed by atoms with Gasteiger partial charge in [0.25, 0.3) is 5.91 Å². The fourth-order valence-electron chi connectivity index (χ4n) is 1.15. The van der Waals surface area contributed by atoms with E-state index in [1.807, 2.05) is 0 Å². The lowest BCUT2D eigenvalue weighted by Gasteiger charge is -2.11. The number of hydrogen-bond acceptors (Lipinski definition) is 5. The number of hydrogen-bond donors (Lipinski definition) is 3. The van der Waals surface area contributed by atoms with E-state index in [1.54, 1.807) is 0 Å². The van der Waals surface area contributed by atoms with Gasteiger partial charge in [-0.1, -0.05) is 0 Å². The normalized spacial score (nSPS) is 11.1. The number of aliphatic carboxylic acids is 1.